The van der Waals surface area contributed by atoms with E-state index in [-0.39, 0.29) is 5.92 Å². The topological polar surface area (TPSA) is 71.4 Å². The lowest BCUT2D eigenvalue weighted by Crippen LogP contribution is -2.26. The highest BCUT2D eigenvalue weighted by atomic mass is 35.7. The Balaban J connectivity index is 4.46. The number of rotatable bonds is 4. The monoisotopic (exact) mass is 214 g/mol. The van der Waals surface area contributed by atoms with Crippen LogP contribution >= 0.6 is 10.7 Å². The molecule has 0 spiro atoms. The summed E-state index contributed by atoms with van der Waals surface area (Å²) in [6.07, 6.45) is 0. The first-order valence-electron chi connectivity index (χ1n) is 3.39. The van der Waals surface area contributed by atoms with E-state index in [4.69, 9.17) is 15.8 Å². The van der Waals surface area contributed by atoms with Crippen LogP contribution in [-0.4, -0.2) is 25.2 Å². The van der Waals surface area contributed by atoms with Gasteiger partial charge in [-0.15, -0.1) is 0 Å². The van der Waals surface area contributed by atoms with Crippen molar-refractivity contribution < 1.29 is 18.3 Å². The molecule has 1 unspecified atom stereocenters. The average Bonchev–Trinajstić information content (AvgIpc) is 1.79. The van der Waals surface area contributed by atoms with Gasteiger partial charge in [-0.05, 0) is 5.92 Å². The Kier molecular flexibility index (Phi) is 3.99. The fraction of sp³-hybridized carbons (Fsp3) is 0.833. The maximum atomic E-state index is 10.6. The smallest absolute Gasteiger partial charge is 0.307 e. The fourth-order valence-electron chi connectivity index (χ4n) is 0.763. The molecular weight excluding hydrogens is 204 g/mol. The minimum Gasteiger partial charge on any atom is -0.481 e. The van der Waals surface area contributed by atoms with Crippen molar-refractivity contribution in [3.8, 4) is 0 Å². The van der Waals surface area contributed by atoms with Crippen molar-refractivity contribution in [1.82, 2.24) is 0 Å². The molecule has 0 bridgehead atoms. The van der Waals surface area contributed by atoms with Gasteiger partial charge in [0.15, 0.2) is 0 Å². The van der Waals surface area contributed by atoms with E-state index in [0.717, 1.165) is 0 Å². The molecule has 0 radical (unpaired) electrons. The molecule has 0 rings (SSSR count). The molecule has 0 aromatic heterocycles. The van der Waals surface area contributed by atoms with E-state index in [1.807, 2.05) is 0 Å². The molecule has 12 heavy (non-hydrogen) atoms. The maximum Gasteiger partial charge on any atom is 0.307 e. The second-order valence-corrected chi connectivity index (χ2v) is 5.72. The molecule has 0 saturated heterocycles. The summed E-state index contributed by atoms with van der Waals surface area (Å²) in [6, 6.07) is 0. The highest BCUT2D eigenvalue weighted by Gasteiger charge is 2.26. The first kappa shape index (κ1) is 11.7. The zero-order valence-corrected chi connectivity index (χ0v) is 8.39. The van der Waals surface area contributed by atoms with Crippen LogP contribution in [0.15, 0.2) is 0 Å². The number of hydrogen-bond donors (Lipinski definition) is 1. The fourth-order valence-corrected chi connectivity index (χ4v) is 2.13. The number of carbonyl (C=O) groups is 1. The number of halogens is 1. The third-order valence-corrected chi connectivity index (χ3v) is 2.64. The zero-order chi connectivity index (χ0) is 9.94. The summed E-state index contributed by atoms with van der Waals surface area (Å²) in [4.78, 5) is 10.5. The highest BCUT2D eigenvalue weighted by molar-refractivity contribution is 8.13. The average molecular weight is 215 g/mol. The van der Waals surface area contributed by atoms with Crippen molar-refractivity contribution >= 4 is 25.7 Å². The van der Waals surface area contributed by atoms with E-state index in [1.54, 1.807) is 13.8 Å². The summed E-state index contributed by atoms with van der Waals surface area (Å²) in [6.45, 7) is 3.28. The molecule has 0 aliphatic rings. The van der Waals surface area contributed by atoms with Gasteiger partial charge >= 0.3 is 5.97 Å². The van der Waals surface area contributed by atoms with Crippen LogP contribution in [0.3, 0.4) is 0 Å². The van der Waals surface area contributed by atoms with Crippen LogP contribution in [0, 0.1) is 11.8 Å². The summed E-state index contributed by atoms with van der Waals surface area (Å²) in [7, 11) is 1.20. The van der Waals surface area contributed by atoms with Crippen LogP contribution < -0.4 is 0 Å². The number of hydrogen-bond acceptors (Lipinski definition) is 3. The molecule has 0 aromatic rings. The molecule has 0 aliphatic carbocycles. The van der Waals surface area contributed by atoms with Crippen LogP contribution in [0.4, 0.5) is 0 Å². The predicted molar refractivity (Wildman–Crippen MR) is 45.6 cm³/mol. The van der Waals surface area contributed by atoms with Gasteiger partial charge in [-0.3, -0.25) is 4.79 Å². The van der Waals surface area contributed by atoms with E-state index in [2.05, 4.69) is 0 Å². The summed E-state index contributed by atoms with van der Waals surface area (Å²) in [5.74, 6) is -2.81. The molecule has 1 atom stereocenters. The summed E-state index contributed by atoms with van der Waals surface area (Å²) in [5, 5.41) is 8.58. The minimum absolute atomic E-state index is 0.240. The molecule has 1 N–H and O–H groups in total. The van der Waals surface area contributed by atoms with Gasteiger partial charge in [-0.1, -0.05) is 13.8 Å². The molecule has 0 fully saturated rings. The van der Waals surface area contributed by atoms with Gasteiger partial charge in [0, 0.05) is 10.7 Å². The van der Waals surface area contributed by atoms with Crippen molar-refractivity contribution in [3.05, 3.63) is 0 Å². The molecule has 0 heterocycles. The second kappa shape index (κ2) is 4.09. The maximum absolute atomic E-state index is 10.6. The van der Waals surface area contributed by atoms with Gasteiger partial charge in [0.25, 0.3) is 0 Å². The Labute approximate surface area is 76.0 Å². The van der Waals surface area contributed by atoms with Gasteiger partial charge in [-0.2, -0.15) is 0 Å². The van der Waals surface area contributed by atoms with Crippen molar-refractivity contribution in [2.75, 3.05) is 5.75 Å². The van der Waals surface area contributed by atoms with Gasteiger partial charge in [0.1, 0.15) is 0 Å². The molecule has 4 nitrogen and oxygen atoms in total. The third kappa shape index (κ3) is 4.56. The summed E-state index contributed by atoms with van der Waals surface area (Å²) >= 11 is 0. The largest absolute Gasteiger partial charge is 0.481 e. The lowest BCUT2D eigenvalue weighted by atomic mass is 9.98. The molecular formula is C6H11ClO4S. The minimum atomic E-state index is -3.72. The highest BCUT2D eigenvalue weighted by Crippen LogP contribution is 2.15. The Bertz CT molecular complexity index is 257. The lowest BCUT2D eigenvalue weighted by molar-refractivity contribution is -0.142. The van der Waals surface area contributed by atoms with E-state index in [0.29, 0.717) is 0 Å². The van der Waals surface area contributed by atoms with Gasteiger partial charge in [0.05, 0.1) is 11.7 Å². The van der Waals surface area contributed by atoms with Gasteiger partial charge < -0.3 is 5.11 Å². The van der Waals surface area contributed by atoms with Gasteiger partial charge in [0.2, 0.25) is 9.05 Å². The Morgan fingerprint density at radius 1 is 1.50 bits per heavy atom. The molecule has 6 heteroatoms. The quantitative estimate of drug-likeness (QED) is 0.707. The van der Waals surface area contributed by atoms with Crippen LogP contribution in [0.1, 0.15) is 13.8 Å². The van der Waals surface area contributed by atoms with E-state index in [1.165, 1.54) is 0 Å². The zero-order valence-electron chi connectivity index (χ0n) is 6.82. The third-order valence-electron chi connectivity index (χ3n) is 1.50. The van der Waals surface area contributed by atoms with E-state index < -0.39 is 26.7 Å². The first-order valence-corrected chi connectivity index (χ1v) is 5.87. The van der Waals surface area contributed by atoms with Crippen molar-refractivity contribution in [2.45, 2.75) is 13.8 Å². The normalized spacial score (nSPS) is 14.7. The molecule has 0 aromatic carbocycles. The standard InChI is InChI=1S/C6H11ClO4S/c1-4(2)5(6(8)9)3-12(7,10)11/h4-5H,3H2,1-2H3,(H,8,9). The van der Waals surface area contributed by atoms with Crippen LogP contribution in [-0.2, 0) is 13.8 Å². The first-order chi connectivity index (χ1) is 5.24. The van der Waals surface area contributed by atoms with Crippen LogP contribution in [0.5, 0.6) is 0 Å². The van der Waals surface area contributed by atoms with Crippen LogP contribution in [0.25, 0.3) is 0 Å². The molecule has 0 aliphatic heterocycles. The molecule has 0 amide bonds. The van der Waals surface area contributed by atoms with Crippen molar-refractivity contribution in [2.24, 2.45) is 11.8 Å². The van der Waals surface area contributed by atoms with Gasteiger partial charge in [-0.25, -0.2) is 8.42 Å². The number of carboxylic acids is 1. The molecule has 0 saturated carbocycles. The number of carboxylic acid groups (broad SMARTS) is 1. The Hall–Kier alpha value is -0.290. The Morgan fingerprint density at radius 2 is 1.92 bits per heavy atom. The summed E-state index contributed by atoms with van der Waals surface area (Å²) < 4.78 is 21.1. The predicted octanol–water partition coefficient (Wildman–Crippen LogP) is 0.912. The van der Waals surface area contributed by atoms with Crippen molar-refractivity contribution in [1.29, 1.82) is 0 Å². The Morgan fingerprint density at radius 3 is 2.00 bits per heavy atom. The van der Waals surface area contributed by atoms with E-state index in [9.17, 15) is 13.2 Å². The van der Waals surface area contributed by atoms with Crippen molar-refractivity contribution in [3.63, 3.8) is 0 Å². The second-order valence-electron chi connectivity index (χ2n) is 2.89. The molecule has 72 valence electrons. The van der Waals surface area contributed by atoms with E-state index >= 15 is 0 Å². The number of aliphatic carboxylic acids is 1. The lowest BCUT2D eigenvalue weighted by Gasteiger charge is -2.13. The SMILES string of the molecule is CC(C)C(CS(=O)(=O)Cl)C(=O)O. The van der Waals surface area contributed by atoms with Crippen LogP contribution in [0.2, 0.25) is 0 Å². The summed E-state index contributed by atoms with van der Waals surface area (Å²) in [5.41, 5.74) is 0.